The first kappa shape index (κ1) is 13.1. The Balaban J connectivity index is 1.93. The van der Waals surface area contributed by atoms with E-state index in [-0.39, 0.29) is 0 Å². The molecule has 0 aliphatic heterocycles. The van der Waals surface area contributed by atoms with E-state index in [0.717, 1.165) is 16.7 Å². The predicted octanol–water partition coefficient (Wildman–Crippen LogP) is 1.59. The zero-order valence-corrected chi connectivity index (χ0v) is 11.5. The summed E-state index contributed by atoms with van der Waals surface area (Å²) in [7, 11) is 1.63. The number of carbonyl (C=O) groups is 1. The number of amides is 1. The van der Waals surface area contributed by atoms with Crippen LogP contribution in [0.15, 0.2) is 42.9 Å². The molecule has 0 aliphatic carbocycles. The molecule has 106 valence electrons. The molecule has 0 aliphatic rings. The Hall–Kier alpha value is -2.89. The normalized spacial score (nSPS) is 10.7. The van der Waals surface area contributed by atoms with E-state index in [1.54, 1.807) is 18.0 Å². The van der Waals surface area contributed by atoms with E-state index >= 15 is 0 Å². The number of fused-ring (bicyclic) bond motifs is 1. The summed E-state index contributed by atoms with van der Waals surface area (Å²) in [5.41, 5.74) is 7.32. The molecule has 1 amide bonds. The Morgan fingerprint density at radius 2 is 2.05 bits per heavy atom. The van der Waals surface area contributed by atoms with E-state index in [9.17, 15) is 4.79 Å². The second-order valence-electron chi connectivity index (χ2n) is 4.66. The second kappa shape index (κ2) is 5.24. The van der Waals surface area contributed by atoms with Crippen molar-refractivity contribution in [3.05, 3.63) is 54.0 Å². The fourth-order valence-electron chi connectivity index (χ4n) is 2.17. The fraction of sp³-hybridized carbons (Fsp3) is 0.133. The lowest BCUT2D eigenvalue weighted by molar-refractivity contribution is 0.100. The van der Waals surface area contributed by atoms with Crippen LogP contribution in [0, 0.1) is 0 Å². The fourth-order valence-corrected chi connectivity index (χ4v) is 2.17. The molecule has 0 unspecified atom stereocenters. The summed E-state index contributed by atoms with van der Waals surface area (Å²) < 4.78 is 6.89. The molecular formula is C15H14N4O2. The molecule has 1 aromatic carbocycles. The van der Waals surface area contributed by atoms with Crippen molar-refractivity contribution in [3.63, 3.8) is 0 Å². The molecule has 21 heavy (non-hydrogen) atoms. The minimum absolute atomic E-state index is 0.334. The first-order valence-electron chi connectivity index (χ1n) is 6.41. The number of carbonyl (C=O) groups excluding carboxylic acids is 1. The van der Waals surface area contributed by atoms with Crippen LogP contribution in [0.25, 0.3) is 10.9 Å². The first-order valence-corrected chi connectivity index (χ1v) is 6.41. The zero-order valence-electron chi connectivity index (χ0n) is 11.5. The number of pyridine rings is 1. The summed E-state index contributed by atoms with van der Waals surface area (Å²) in [6.07, 6.45) is 4.95. The molecule has 6 nitrogen and oxygen atoms in total. The summed E-state index contributed by atoms with van der Waals surface area (Å²) >= 11 is 0. The highest BCUT2D eigenvalue weighted by Crippen LogP contribution is 2.17. The van der Waals surface area contributed by atoms with E-state index in [4.69, 9.17) is 10.5 Å². The Kier molecular flexibility index (Phi) is 3.27. The van der Waals surface area contributed by atoms with Gasteiger partial charge in [0.25, 0.3) is 5.91 Å². The monoisotopic (exact) mass is 282 g/mol. The van der Waals surface area contributed by atoms with E-state index in [1.807, 2.05) is 30.5 Å². The SMILES string of the molecule is COc1ccc(Cn2cc3cncc(C(N)=O)c3n2)cc1. The summed E-state index contributed by atoms with van der Waals surface area (Å²) in [5.74, 6) is 0.285. The van der Waals surface area contributed by atoms with Crippen molar-refractivity contribution < 1.29 is 9.53 Å². The van der Waals surface area contributed by atoms with Gasteiger partial charge in [-0.1, -0.05) is 12.1 Å². The van der Waals surface area contributed by atoms with Gasteiger partial charge >= 0.3 is 0 Å². The predicted molar refractivity (Wildman–Crippen MR) is 78.1 cm³/mol. The van der Waals surface area contributed by atoms with Gasteiger partial charge in [-0.25, -0.2) is 0 Å². The van der Waals surface area contributed by atoms with E-state index in [2.05, 4.69) is 10.1 Å². The highest BCUT2D eigenvalue weighted by atomic mass is 16.5. The largest absolute Gasteiger partial charge is 0.497 e. The van der Waals surface area contributed by atoms with Crippen molar-refractivity contribution in [1.29, 1.82) is 0 Å². The molecule has 6 heteroatoms. The second-order valence-corrected chi connectivity index (χ2v) is 4.66. The van der Waals surface area contributed by atoms with Crippen LogP contribution in [0.1, 0.15) is 15.9 Å². The minimum Gasteiger partial charge on any atom is -0.497 e. The highest BCUT2D eigenvalue weighted by Gasteiger charge is 2.11. The maximum absolute atomic E-state index is 11.4. The number of hydrogen-bond donors (Lipinski definition) is 1. The third-order valence-corrected chi connectivity index (χ3v) is 3.23. The lowest BCUT2D eigenvalue weighted by atomic mass is 10.2. The molecule has 0 saturated heterocycles. The third-order valence-electron chi connectivity index (χ3n) is 3.23. The Morgan fingerprint density at radius 1 is 1.29 bits per heavy atom. The summed E-state index contributed by atoms with van der Waals surface area (Å²) in [6.45, 7) is 0.594. The summed E-state index contributed by atoms with van der Waals surface area (Å²) in [4.78, 5) is 15.4. The van der Waals surface area contributed by atoms with Gasteiger partial charge in [0.2, 0.25) is 0 Å². The van der Waals surface area contributed by atoms with Gasteiger partial charge in [0, 0.05) is 24.0 Å². The number of benzene rings is 1. The molecule has 2 heterocycles. The standard InChI is InChI=1S/C15H14N4O2/c1-21-12-4-2-10(3-5-12)8-19-9-11-6-17-7-13(15(16)20)14(11)18-19/h2-7,9H,8H2,1H3,(H2,16,20). The molecule has 0 spiro atoms. The number of nitrogens with two attached hydrogens (primary N) is 1. The molecule has 0 fully saturated rings. The van der Waals surface area contributed by atoms with E-state index in [0.29, 0.717) is 17.6 Å². The van der Waals surface area contributed by atoms with Crippen LogP contribution >= 0.6 is 0 Å². The lowest BCUT2D eigenvalue weighted by Gasteiger charge is -2.03. The van der Waals surface area contributed by atoms with Gasteiger partial charge in [-0.05, 0) is 17.7 Å². The third kappa shape index (κ3) is 2.55. The molecule has 2 N–H and O–H groups in total. The average Bonchev–Trinajstić information content (AvgIpc) is 2.89. The maximum atomic E-state index is 11.4. The van der Waals surface area contributed by atoms with Gasteiger partial charge in [0.15, 0.2) is 0 Å². The van der Waals surface area contributed by atoms with Crippen LogP contribution in [0.2, 0.25) is 0 Å². The van der Waals surface area contributed by atoms with Crippen molar-refractivity contribution in [2.75, 3.05) is 7.11 Å². The molecule has 0 bridgehead atoms. The summed E-state index contributed by atoms with van der Waals surface area (Å²) in [6, 6.07) is 7.74. The number of rotatable bonds is 4. The number of aromatic nitrogens is 3. The topological polar surface area (TPSA) is 83.0 Å². The van der Waals surface area contributed by atoms with Crippen LogP contribution in [-0.4, -0.2) is 27.8 Å². The van der Waals surface area contributed by atoms with Gasteiger partial charge < -0.3 is 10.5 Å². The lowest BCUT2D eigenvalue weighted by Crippen LogP contribution is -2.12. The van der Waals surface area contributed by atoms with Crippen molar-refractivity contribution in [2.24, 2.45) is 5.73 Å². The van der Waals surface area contributed by atoms with Gasteiger partial charge in [0.1, 0.15) is 11.3 Å². The van der Waals surface area contributed by atoms with Crippen LogP contribution < -0.4 is 10.5 Å². The quantitative estimate of drug-likeness (QED) is 0.787. The molecule has 0 saturated carbocycles. The van der Waals surface area contributed by atoms with Crippen LogP contribution in [0.5, 0.6) is 5.75 Å². The first-order chi connectivity index (χ1) is 10.2. The summed E-state index contributed by atoms with van der Waals surface area (Å²) in [5, 5.41) is 5.21. The van der Waals surface area contributed by atoms with Crippen molar-refractivity contribution >= 4 is 16.8 Å². The Morgan fingerprint density at radius 3 is 2.71 bits per heavy atom. The molecule has 3 rings (SSSR count). The van der Waals surface area contributed by atoms with Crippen molar-refractivity contribution in [2.45, 2.75) is 6.54 Å². The Bertz CT molecular complexity index is 793. The average molecular weight is 282 g/mol. The van der Waals surface area contributed by atoms with Crippen LogP contribution in [0.4, 0.5) is 0 Å². The number of methoxy groups -OCH3 is 1. The van der Waals surface area contributed by atoms with E-state index < -0.39 is 5.91 Å². The Labute approximate surface area is 121 Å². The van der Waals surface area contributed by atoms with Gasteiger partial charge in [-0.3, -0.25) is 14.5 Å². The molecule has 0 atom stereocenters. The maximum Gasteiger partial charge on any atom is 0.252 e. The number of hydrogen-bond acceptors (Lipinski definition) is 4. The molecule has 2 aromatic heterocycles. The van der Waals surface area contributed by atoms with Crippen LogP contribution in [0.3, 0.4) is 0 Å². The molecule has 3 aromatic rings. The molecular weight excluding hydrogens is 268 g/mol. The zero-order chi connectivity index (χ0) is 14.8. The number of primary amides is 1. The van der Waals surface area contributed by atoms with Crippen molar-refractivity contribution in [1.82, 2.24) is 14.8 Å². The van der Waals surface area contributed by atoms with Gasteiger partial charge in [-0.2, -0.15) is 5.10 Å². The van der Waals surface area contributed by atoms with Crippen molar-refractivity contribution in [3.8, 4) is 5.75 Å². The number of nitrogens with zero attached hydrogens (tertiary/aromatic N) is 3. The molecule has 0 radical (unpaired) electrons. The van der Waals surface area contributed by atoms with Crippen LogP contribution in [-0.2, 0) is 6.54 Å². The van der Waals surface area contributed by atoms with E-state index in [1.165, 1.54) is 6.20 Å². The smallest absolute Gasteiger partial charge is 0.252 e. The van der Waals surface area contributed by atoms with Gasteiger partial charge in [-0.15, -0.1) is 0 Å². The van der Waals surface area contributed by atoms with Gasteiger partial charge in [0.05, 0.1) is 19.2 Å². The minimum atomic E-state index is -0.525. The highest BCUT2D eigenvalue weighted by molar-refractivity contribution is 6.03. The number of ether oxygens (including phenoxy) is 1.